The van der Waals surface area contributed by atoms with Gasteiger partial charge in [0.1, 0.15) is 10.0 Å². The van der Waals surface area contributed by atoms with Crippen LogP contribution < -0.4 is 0 Å². The van der Waals surface area contributed by atoms with Gasteiger partial charge in [-0.05, 0) is 31.2 Å². The lowest BCUT2D eigenvalue weighted by molar-refractivity contribution is 0.395. The largest absolute Gasteiger partial charge is 0.244 e. The molecule has 1 aliphatic carbocycles. The van der Waals surface area contributed by atoms with Crippen molar-refractivity contribution in [2.45, 2.75) is 31.1 Å². The molecule has 19 heavy (non-hydrogen) atoms. The third-order valence-electron chi connectivity index (χ3n) is 3.04. The zero-order valence-corrected chi connectivity index (χ0v) is 13.0. The molecule has 2 rings (SSSR count). The van der Waals surface area contributed by atoms with Crippen molar-refractivity contribution < 1.29 is 8.42 Å². The molecule has 0 saturated heterocycles. The second-order valence-electron chi connectivity index (χ2n) is 4.75. The van der Waals surface area contributed by atoms with Crippen LogP contribution in [0.5, 0.6) is 0 Å². The number of hydrogen-bond acceptors (Lipinski definition) is 3. The summed E-state index contributed by atoms with van der Waals surface area (Å²) in [6.07, 6.45) is 4.25. The molecule has 1 aliphatic rings. The van der Waals surface area contributed by atoms with Gasteiger partial charge in [-0.15, -0.1) is 0 Å². The predicted molar refractivity (Wildman–Crippen MR) is 76.0 cm³/mol. The molecule has 0 N–H and O–H groups in total. The van der Waals surface area contributed by atoms with Crippen LogP contribution in [0, 0.1) is 5.92 Å². The lowest BCUT2D eigenvalue weighted by Gasteiger charge is -2.21. The third kappa shape index (κ3) is 3.60. The number of aromatic nitrogens is 1. The predicted octanol–water partition coefficient (Wildman–Crippen LogP) is 3.20. The van der Waals surface area contributed by atoms with Crippen LogP contribution in [0.1, 0.15) is 26.2 Å². The van der Waals surface area contributed by atoms with Crippen molar-refractivity contribution in [3.8, 4) is 0 Å². The summed E-state index contributed by atoms with van der Waals surface area (Å²) in [5, 5.41) is 0.274. The summed E-state index contributed by atoms with van der Waals surface area (Å²) in [4.78, 5) is 3.92. The average Bonchev–Trinajstić information content (AvgIpc) is 3.16. The molecule has 1 aromatic heterocycles. The fraction of sp³-hybridized carbons (Fsp3) is 0.583. The molecule has 0 bridgehead atoms. The van der Waals surface area contributed by atoms with Crippen LogP contribution in [0.3, 0.4) is 0 Å². The molecular formula is C12H16Cl2N2O2S. The van der Waals surface area contributed by atoms with Crippen LogP contribution in [0.4, 0.5) is 0 Å². The zero-order chi connectivity index (χ0) is 14.0. The van der Waals surface area contributed by atoms with Gasteiger partial charge in [0.25, 0.3) is 0 Å². The Morgan fingerprint density at radius 1 is 1.42 bits per heavy atom. The van der Waals surface area contributed by atoms with Crippen molar-refractivity contribution in [3.63, 3.8) is 0 Å². The number of nitrogens with zero attached hydrogens (tertiary/aromatic N) is 2. The summed E-state index contributed by atoms with van der Waals surface area (Å²) < 4.78 is 26.6. The molecular weight excluding hydrogens is 307 g/mol. The molecule has 0 aliphatic heterocycles. The van der Waals surface area contributed by atoms with Gasteiger partial charge in [0, 0.05) is 19.3 Å². The summed E-state index contributed by atoms with van der Waals surface area (Å²) in [7, 11) is -3.53. The minimum atomic E-state index is -3.53. The molecule has 0 amide bonds. The lowest BCUT2D eigenvalue weighted by Crippen LogP contribution is -2.33. The maximum Gasteiger partial charge on any atom is 0.244 e. The van der Waals surface area contributed by atoms with E-state index in [1.54, 1.807) is 0 Å². The second-order valence-corrected chi connectivity index (χ2v) is 7.45. The van der Waals surface area contributed by atoms with E-state index in [0.29, 0.717) is 19.0 Å². The van der Waals surface area contributed by atoms with Crippen molar-refractivity contribution in [2.24, 2.45) is 5.92 Å². The van der Waals surface area contributed by atoms with Gasteiger partial charge in [-0.25, -0.2) is 13.4 Å². The normalized spacial score (nSPS) is 16.0. The van der Waals surface area contributed by atoms with E-state index in [2.05, 4.69) is 4.98 Å². The Morgan fingerprint density at radius 3 is 2.63 bits per heavy atom. The molecule has 0 unspecified atom stereocenters. The lowest BCUT2D eigenvalue weighted by atomic mass is 10.4. The van der Waals surface area contributed by atoms with Crippen molar-refractivity contribution in [2.75, 3.05) is 13.1 Å². The maximum absolute atomic E-state index is 12.5. The molecule has 0 atom stereocenters. The van der Waals surface area contributed by atoms with Crippen molar-refractivity contribution in [1.29, 1.82) is 0 Å². The topological polar surface area (TPSA) is 50.3 Å². The first-order valence-electron chi connectivity index (χ1n) is 6.26. The first kappa shape index (κ1) is 15.0. The number of pyridine rings is 1. The Kier molecular flexibility index (Phi) is 4.71. The van der Waals surface area contributed by atoms with Gasteiger partial charge in [-0.3, -0.25) is 0 Å². The molecule has 0 radical (unpaired) electrons. The zero-order valence-electron chi connectivity index (χ0n) is 10.6. The van der Waals surface area contributed by atoms with E-state index in [0.717, 1.165) is 19.3 Å². The Balaban J connectivity index is 2.28. The molecule has 4 nitrogen and oxygen atoms in total. The van der Waals surface area contributed by atoms with Crippen molar-refractivity contribution in [3.05, 3.63) is 22.4 Å². The summed E-state index contributed by atoms with van der Waals surface area (Å²) in [6.45, 7) is 3.05. The number of halogens is 2. The van der Waals surface area contributed by atoms with E-state index in [4.69, 9.17) is 23.2 Å². The van der Waals surface area contributed by atoms with Crippen molar-refractivity contribution >= 4 is 33.2 Å². The van der Waals surface area contributed by atoms with E-state index < -0.39 is 10.0 Å². The van der Waals surface area contributed by atoms with Gasteiger partial charge in [0.15, 0.2) is 0 Å². The van der Waals surface area contributed by atoms with Crippen molar-refractivity contribution in [1.82, 2.24) is 9.29 Å². The SMILES string of the molecule is CCCN(CC1CC1)S(=O)(=O)c1cnc(Cl)c(Cl)c1. The first-order chi connectivity index (χ1) is 8.95. The second kappa shape index (κ2) is 5.95. The van der Waals surface area contributed by atoms with Crippen LogP contribution in [0.15, 0.2) is 17.2 Å². The van der Waals surface area contributed by atoms with Gasteiger partial charge < -0.3 is 0 Å². The molecule has 1 heterocycles. The highest BCUT2D eigenvalue weighted by Crippen LogP contribution is 2.32. The summed E-state index contributed by atoms with van der Waals surface area (Å²) >= 11 is 11.6. The van der Waals surface area contributed by atoms with Crippen LogP contribution in [-0.4, -0.2) is 30.8 Å². The highest BCUT2D eigenvalue weighted by Gasteiger charge is 2.31. The molecule has 0 spiro atoms. The molecule has 1 saturated carbocycles. The van der Waals surface area contributed by atoms with E-state index in [1.807, 2.05) is 6.92 Å². The molecule has 7 heteroatoms. The molecule has 1 aromatic rings. The summed E-state index contributed by atoms with van der Waals surface area (Å²) in [6, 6.07) is 1.36. The first-order valence-corrected chi connectivity index (χ1v) is 8.46. The maximum atomic E-state index is 12.5. The van der Waals surface area contributed by atoms with E-state index in [-0.39, 0.29) is 15.1 Å². The van der Waals surface area contributed by atoms with Gasteiger partial charge >= 0.3 is 0 Å². The monoisotopic (exact) mass is 322 g/mol. The van der Waals surface area contributed by atoms with E-state index in [9.17, 15) is 8.42 Å². The number of sulfonamides is 1. The third-order valence-corrected chi connectivity index (χ3v) is 5.56. The fourth-order valence-corrected chi connectivity index (χ4v) is 3.76. The summed E-state index contributed by atoms with van der Waals surface area (Å²) in [5.74, 6) is 0.497. The van der Waals surface area contributed by atoms with Gasteiger partial charge in [0.05, 0.1) is 5.02 Å². The Hall–Kier alpha value is -0.360. The molecule has 0 aromatic carbocycles. The van der Waals surface area contributed by atoms with Crippen LogP contribution in [-0.2, 0) is 10.0 Å². The highest BCUT2D eigenvalue weighted by atomic mass is 35.5. The number of hydrogen-bond donors (Lipinski definition) is 0. The van der Waals surface area contributed by atoms with Crippen LogP contribution in [0.2, 0.25) is 10.2 Å². The van der Waals surface area contributed by atoms with Crippen LogP contribution in [0.25, 0.3) is 0 Å². The fourth-order valence-electron chi connectivity index (χ4n) is 1.84. The average molecular weight is 323 g/mol. The Morgan fingerprint density at radius 2 is 2.11 bits per heavy atom. The Labute approximate surface area is 123 Å². The summed E-state index contributed by atoms with van der Waals surface area (Å²) in [5.41, 5.74) is 0. The minimum absolute atomic E-state index is 0.107. The van der Waals surface area contributed by atoms with Crippen LogP contribution >= 0.6 is 23.2 Å². The van der Waals surface area contributed by atoms with Gasteiger partial charge in [-0.1, -0.05) is 30.1 Å². The smallest absolute Gasteiger partial charge is 0.242 e. The highest BCUT2D eigenvalue weighted by molar-refractivity contribution is 7.89. The minimum Gasteiger partial charge on any atom is -0.242 e. The van der Waals surface area contributed by atoms with E-state index in [1.165, 1.54) is 16.6 Å². The Bertz CT molecular complexity index is 559. The molecule has 106 valence electrons. The number of rotatable bonds is 6. The van der Waals surface area contributed by atoms with E-state index >= 15 is 0 Å². The van der Waals surface area contributed by atoms with Gasteiger partial charge in [-0.2, -0.15) is 4.31 Å². The standard InChI is InChI=1S/C12H16Cl2N2O2S/c1-2-5-16(8-9-3-4-9)19(17,18)10-6-11(13)12(14)15-7-10/h6-7,9H,2-5,8H2,1H3. The quantitative estimate of drug-likeness (QED) is 0.756. The van der Waals surface area contributed by atoms with Gasteiger partial charge in [0.2, 0.25) is 10.0 Å². The molecule has 1 fully saturated rings.